The van der Waals surface area contributed by atoms with E-state index in [0.717, 1.165) is 16.3 Å². The maximum absolute atomic E-state index is 6.27. The predicted octanol–water partition coefficient (Wildman–Crippen LogP) is 5.20. The number of benzene rings is 1. The molecule has 0 saturated heterocycles. The van der Waals surface area contributed by atoms with Crippen LogP contribution < -0.4 is 4.74 Å². The molecular formula is C13H12BrClOS. The molecule has 4 heteroatoms. The molecule has 0 radical (unpaired) electrons. The van der Waals surface area contributed by atoms with Gasteiger partial charge in [0.25, 0.3) is 0 Å². The van der Waals surface area contributed by atoms with Gasteiger partial charge in [-0.2, -0.15) is 0 Å². The minimum atomic E-state index is 0.140. The number of alkyl halides is 1. The molecule has 1 heterocycles. The van der Waals surface area contributed by atoms with Crippen LogP contribution in [-0.2, 0) is 0 Å². The topological polar surface area (TPSA) is 9.23 Å². The third kappa shape index (κ3) is 2.67. The van der Waals surface area contributed by atoms with Gasteiger partial charge in [0.05, 0.1) is 11.9 Å². The summed E-state index contributed by atoms with van der Waals surface area (Å²) in [4.78, 5) is 1.43. The van der Waals surface area contributed by atoms with Crippen LogP contribution in [0.3, 0.4) is 0 Å². The highest BCUT2D eigenvalue weighted by atomic mass is 79.9. The first-order valence-electron chi connectivity index (χ1n) is 5.15. The van der Waals surface area contributed by atoms with Crippen LogP contribution in [0.5, 0.6) is 5.75 Å². The first-order chi connectivity index (χ1) is 8.13. The molecule has 1 atom stereocenters. The van der Waals surface area contributed by atoms with Gasteiger partial charge in [0.2, 0.25) is 0 Å². The number of ether oxygens (including phenoxy) is 1. The van der Waals surface area contributed by atoms with Crippen molar-refractivity contribution in [3.63, 3.8) is 0 Å². The number of methoxy groups -OCH3 is 1. The van der Waals surface area contributed by atoms with Gasteiger partial charge in [0, 0.05) is 9.90 Å². The van der Waals surface area contributed by atoms with E-state index < -0.39 is 0 Å². The Balaban J connectivity index is 2.38. The summed E-state index contributed by atoms with van der Waals surface area (Å²) in [6.07, 6.45) is 0. The Bertz CT molecular complexity index is 524. The molecule has 0 aliphatic heterocycles. The molecule has 2 aromatic rings. The number of halogens is 2. The van der Waals surface area contributed by atoms with Crippen molar-refractivity contribution in [2.45, 2.75) is 11.8 Å². The molecular weight excluding hydrogens is 320 g/mol. The molecule has 1 aromatic heterocycles. The van der Waals surface area contributed by atoms with Crippen LogP contribution in [-0.4, -0.2) is 7.11 Å². The number of hydrogen-bond donors (Lipinski definition) is 0. The van der Waals surface area contributed by atoms with Crippen molar-refractivity contribution in [3.05, 3.63) is 50.7 Å². The molecule has 0 bridgehead atoms. The second kappa shape index (κ2) is 5.42. The minimum absolute atomic E-state index is 0.140. The summed E-state index contributed by atoms with van der Waals surface area (Å²) in [6, 6.07) is 7.89. The van der Waals surface area contributed by atoms with Gasteiger partial charge in [0.15, 0.2) is 0 Å². The van der Waals surface area contributed by atoms with Crippen LogP contribution in [0.1, 0.15) is 20.8 Å². The van der Waals surface area contributed by atoms with Gasteiger partial charge < -0.3 is 4.74 Å². The monoisotopic (exact) mass is 330 g/mol. The second-order valence-corrected chi connectivity index (χ2v) is 5.99. The molecule has 0 spiro atoms. The summed E-state index contributed by atoms with van der Waals surface area (Å²) in [5, 5.41) is 2.81. The van der Waals surface area contributed by atoms with Crippen molar-refractivity contribution in [1.29, 1.82) is 0 Å². The maximum Gasteiger partial charge on any atom is 0.120 e. The summed E-state index contributed by atoms with van der Waals surface area (Å²) in [5.74, 6) is 0.779. The zero-order valence-corrected chi connectivity index (χ0v) is 12.7. The van der Waals surface area contributed by atoms with Gasteiger partial charge in [-0.25, -0.2) is 0 Å². The Morgan fingerprint density at radius 2 is 2.12 bits per heavy atom. The van der Waals surface area contributed by atoms with Gasteiger partial charge in [-0.15, -0.1) is 11.3 Å². The van der Waals surface area contributed by atoms with Gasteiger partial charge in [-0.3, -0.25) is 0 Å². The van der Waals surface area contributed by atoms with Crippen LogP contribution >= 0.6 is 38.9 Å². The molecule has 0 amide bonds. The molecule has 0 N–H and O–H groups in total. The number of hydrogen-bond acceptors (Lipinski definition) is 2. The first kappa shape index (κ1) is 12.9. The van der Waals surface area contributed by atoms with Gasteiger partial charge >= 0.3 is 0 Å². The molecule has 1 aromatic carbocycles. The molecule has 0 fully saturated rings. The normalized spacial score (nSPS) is 12.5. The Labute approximate surface area is 119 Å². The highest BCUT2D eigenvalue weighted by Crippen LogP contribution is 2.40. The quantitative estimate of drug-likeness (QED) is 0.702. The SMILES string of the molecule is COc1ccc(C(Br)c2sccc2C)c(Cl)c1. The summed E-state index contributed by atoms with van der Waals surface area (Å²) >= 11 is 11.7. The van der Waals surface area contributed by atoms with Crippen LogP contribution in [0, 0.1) is 6.92 Å². The Hall–Kier alpha value is -0.510. The Morgan fingerprint density at radius 1 is 1.35 bits per heavy atom. The molecule has 2 rings (SSSR count). The number of aryl methyl sites for hydroxylation is 1. The molecule has 0 saturated carbocycles. The standard InChI is InChI=1S/C13H12BrClOS/c1-8-5-6-17-13(8)12(14)10-4-3-9(16-2)7-11(10)15/h3-7,12H,1-2H3. The molecule has 17 heavy (non-hydrogen) atoms. The lowest BCUT2D eigenvalue weighted by Crippen LogP contribution is -1.94. The lowest BCUT2D eigenvalue weighted by atomic mass is 10.1. The van der Waals surface area contributed by atoms with E-state index in [1.165, 1.54) is 10.4 Å². The molecule has 1 nitrogen and oxygen atoms in total. The van der Waals surface area contributed by atoms with Crippen LogP contribution in [0.4, 0.5) is 0 Å². The van der Waals surface area contributed by atoms with Crippen LogP contribution in [0.15, 0.2) is 29.6 Å². The average Bonchev–Trinajstić information content (AvgIpc) is 2.74. The highest BCUT2D eigenvalue weighted by molar-refractivity contribution is 9.09. The van der Waals surface area contributed by atoms with E-state index in [1.54, 1.807) is 18.4 Å². The van der Waals surface area contributed by atoms with E-state index in [9.17, 15) is 0 Å². The third-order valence-electron chi connectivity index (χ3n) is 2.61. The number of thiophene rings is 1. The molecule has 1 unspecified atom stereocenters. The van der Waals surface area contributed by atoms with E-state index >= 15 is 0 Å². The summed E-state index contributed by atoms with van der Waals surface area (Å²) in [5.41, 5.74) is 2.35. The zero-order chi connectivity index (χ0) is 12.4. The highest BCUT2D eigenvalue weighted by Gasteiger charge is 2.17. The lowest BCUT2D eigenvalue weighted by molar-refractivity contribution is 0.414. The van der Waals surface area contributed by atoms with Crippen molar-refractivity contribution in [2.24, 2.45) is 0 Å². The summed E-state index contributed by atoms with van der Waals surface area (Å²) < 4.78 is 5.15. The number of rotatable bonds is 3. The largest absolute Gasteiger partial charge is 0.497 e. The average molecular weight is 332 g/mol. The Kier molecular flexibility index (Phi) is 4.13. The summed E-state index contributed by atoms with van der Waals surface area (Å²) in [6.45, 7) is 2.11. The van der Waals surface area contributed by atoms with Crippen molar-refractivity contribution in [1.82, 2.24) is 0 Å². The van der Waals surface area contributed by atoms with Crippen molar-refractivity contribution in [2.75, 3.05) is 7.11 Å². The predicted molar refractivity (Wildman–Crippen MR) is 77.8 cm³/mol. The smallest absolute Gasteiger partial charge is 0.120 e. The molecule has 90 valence electrons. The van der Waals surface area contributed by atoms with Gasteiger partial charge in [-0.05, 0) is 41.6 Å². The van der Waals surface area contributed by atoms with Crippen LogP contribution in [0.2, 0.25) is 5.02 Å². The van der Waals surface area contributed by atoms with E-state index in [-0.39, 0.29) is 4.83 Å². The van der Waals surface area contributed by atoms with E-state index in [1.807, 2.05) is 18.2 Å². The van der Waals surface area contributed by atoms with Crippen LogP contribution in [0.25, 0.3) is 0 Å². The fourth-order valence-corrected chi connectivity index (χ4v) is 4.04. The van der Waals surface area contributed by atoms with Crippen molar-refractivity contribution < 1.29 is 4.74 Å². The second-order valence-electron chi connectivity index (χ2n) is 3.72. The zero-order valence-electron chi connectivity index (χ0n) is 9.54. The van der Waals surface area contributed by atoms with E-state index in [4.69, 9.17) is 16.3 Å². The van der Waals surface area contributed by atoms with E-state index in [0.29, 0.717) is 0 Å². The molecule has 0 aliphatic rings. The van der Waals surface area contributed by atoms with Gasteiger partial charge in [-0.1, -0.05) is 33.6 Å². The minimum Gasteiger partial charge on any atom is -0.497 e. The van der Waals surface area contributed by atoms with Crippen molar-refractivity contribution in [3.8, 4) is 5.75 Å². The van der Waals surface area contributed by atoms with E-state index in [2.05, 4.69) is 34.3 Å². The first-order valence-corrected chi connectivity index (χ1v) is 7.32. The lowest BCUT2D eigenvalue weighted by Gasteiger charge is -2.12. The summed E-state index contributed by atoms with van der Waals surface area (Å²) in [7, 11) is 1.64. The van der Waals surface area contributed by atoms with Crippen molar-refractivity contribution >= 4 is 38.9 Å². The molecule has 0 aliphatic carbocycles. The Morgan fingerprint density at radius 3 is 2.65 bits per heavy atom. The fraction of sp³-hybridized carbons (Fsp3) is 0.231. The van der Waals surface area contributed by atoms with Gasteiger partial charge in [0.1, 0.15) is 5.75 Å². The maximum atomic E-state index is 6.27. The third-order valence-corrected chi connectivity index (χ3v) is 5.28. The fourth-order valence-electron chi connectivity index (χ4n) is 1.63.